The summed E-state index contributed by atoms with van der Waals surface area (Å²) in [6.45, 7) is 1.86. The summed E-state index contributed by atoms with van der Waals surface area (Å²) in [6, 6.07) is 9.30. The van der Waals surface area contributed by atoms with Crippen molar-refractivity contribution in [2.45, 2.75) is 19.3 Å². The molecule has 0 unspecified atom stereocenters. The van der Waals surface area contributed by atoms with Crippen molar-refractivity contribution >= 4 is 23.3 Å². The smallest absolute Gasteiger partial charge is 0.376 e. The van der Waals surface area contributed by atoms with Crippen molar-refractivity contribution in [2.75, 3.05) is 25.1 Å². The van der Waals surface area contributed by atoms with Crippen LogP contribution in [0.3, 0.4) is 0 Å². The van der Waals surface area contributed by atoms with Gasteiger partial charge in [0.1, 0.15) is 5.76 Å². The highest BCUT2D eigenvalue weighted by molar-refractivity contribution is 6.30. The lowest BCUT2D eigenvalue weighted by Crippen LogP contribution is -2.30. The Balaban J connectivity index is 2.02. The molecule has 2 aromatic rings. The van der Waals surface area contributed by atoms with Gasteiger partial charge < -0.3 is 14.1 Å². The van der Waals surface area contributed by atoms with E-state index in [1.54, 1.807) is 6.07 Å². The van der Waals surface area contributed by atoms with E-state index in [0.29, 0.717) is 10.8 Å². The van der Waals surface area contributed by atoms with Crippen LogP contribution in [0.4, 0.5) is 5.69 Å². The van der Waals surface area contributed by atoms with E-state index in [4.69, 9.17) is 20.8 Å². The fourth-order valence-electron chi connectivity index (χ4n) is 2.77. The van der Waals surface area contributed by atoms with E-state index < -0.39 is 5.97 Å². The molecule has 1 aliphatic rings. The molecule has 0 radical (unpaired) electrons. The molecule has 3 rings (SSSR count). The van der Waals surface area contributed by atoms with Gasteiger partial charge in [-0.3, -0.25) is 0 Å². The number of carbonyl (C=O) groups is 1. The molecule has 1 aromatic carbocycles. The van der Waals surface area contributed by atoms with Gasteiger partial charge in [-0.05, 0) is 31.4 Å². The molecule has 5 heteroatoms. The molecule has 1 aliphatic heterocycles. The van der Waals surface area contributed by atoms with Crippen LogP contribution in [-0.4, -0.2) is 26.2 Å². The molecular weight excluding hydrogens is 302 g/mol. The number of anilines is 1. The zero-order chi connectivity index (χ0) is 15.5. The minimum atomic E-state index is -0.450. The summed E-state index contributed by atoms with van der Waals surface area (Å²) in [5, 5.41) is 0.632. The first-order valence-electron chi connectivity index (χ1n) is 7.42. The monoisotopic (exact) mass is 319 g/mol. The molecule has 0 atom stereocenters. The van der Waals surface area contributed by atoms with Crippen molar-refractivity contribution in [1.82, 2.24) is 0 Å². The number of hydrogen-bond acceptors (Lipinski definition) is 4. The van der Waals surface area contributed by atoms with Crippen LogP contribution in [0.2, 0.25) is 5.02 Å². The standard InChI is InChI=1S/C17H18ClNO3/c1-21-17(20)16-14(19-8-3-2-4-9-19)11-15(22-16)12-6-5-7-13(18)10-12/h5-7,10-11H,2-4,8-9H2,1H3. The number of esters is 1. The maximum absolute atomic E-state index is 12.0. The Morgan fingerprint density at radius 3 is 2.68 bits per heavy atom. The lowest BCUT2D eigenvalue weighted by atomic mass is 10.1. The highest BCUT2D eigenvalue weighted by Gasteiger charge is 2.25. The number of ether oxygens (including phenoxy) is 1. The van der Waals surface area contributed by atoms with Gasteiger partial charge in [0.25, 0.3) is 0 Å². The molecule has 22 heavy (non-hydrogen) atoms. The van der Waals surface area contributed by atoms with Crippen molar-refractivity contribution in [1.29, 1.82) is 0 Å². The average molecular weight is 320 g/mol. The molecule has 4 nitrogen and oxygen atoms in total. The van der Waals surface area contributed by atoms with Gasteiger partial charge in [0, 0.05) is 29.7 Å². The molecular formula is C17H18ClNO3. The Morgan fingerprint density at radius 1 is 1.23 bits per heavy atom. The second-order valence-corrected chi connectivity index (χ2v) is 5.81. The molecule has 116 valence electrons. The summed E-state index contributed by atoms with van der Waals surface area (Å²) in [7, 11) is 1.36. The van der Waals surface area contributed by atoms with Crippen molar-refractivity contribution in [3.8, 4) is 11.3 Å². The van der Waals surface area contributed by atoms with Crippen LogP contribution in [0, 0.1) is 0 Å². The number of carbonyl (C=O) groups excluding carboxylic acids is 1. The second kappa shape index (κ2) is 6.44. The number of hydrogen-bond donors (Lipinski definition) is 0. The van der Waals surface area contributed by atoms with Crippen molar-refractivity contribution in [2.24, 2.45) is 0 Å². The maximum atomic E-state index is 12.0. The molecule has 0 N–H and O–H groups in total. The minimum Gasteiger partial charge on any atom is -0.463 e. The maximum Gasteiger partial charge on any atom is 0.376 e. The van der Waals surface area contributed by atoms with E-state index in [-0.39, 0.29) is 5.76 Å². The zero-order valence-corrected chi connectivity index (χ0v) is 13.2. The first-order chi connectivity index (χ1) is 10.7. The summed E-state index contributed by atoms with van der Waals surface area (Å²) in [6.07, 6.45) is 3.47. The SMILES string of the molecule is COC(=O)c1oc(-c2cccc(Cl)c2)cc1N1CCCCC1. The van der Waals surface area contributed by atoms with Crippen LogP contribution in [0.1, 0.15) is 29.8 Å². The molecule has 1 fully saturated rings. The van der Waals surface area contributed by atoms with E-state index in [2.05, 4.69) is 4.90 Å². The lowest BCUT2D eigenvalue weighted by Gasteiger charge is -2.27. The summed E-state index contributed by atoms with van der Waals surface area (Å²) in [5.41, 5.74) is 1.66. The summed E-state index contributed by atoms with van der Waals surface area (Å²) in [5.74, 6) is 0.441. The van der Waals surface area contributed by atoms with Gasteiger partial charge in [0.05, 0.1) is 12.8 Å². The van der Waals surface area contributed by atoms with Crippen LogP contribution in [0.15, 0.2) is 34.7 Å². The predicted molar refractivity (Wildman–Crippen MR) is 86.6 cm³/mol. The number of piperidine rings is 1. The van der Waals surface area contributed by atoms with Gasteiger partial charge in [-0.2, -0.15) is 0 Å². The van der Waals surface area contributed by atoms with Crippen molar-refractivity contribution in [3.05, 3.63) is 41.1 Å². The van der Waals surface area contributed by atoms with Gasteiger partial charge >= 0.3 is 5.97 Å². The topological polar surface area (TPSA) is 42.7 Å². The second-order valence-electron chi connectivity index (χ2n) is 5.37. The lowest BCUT2D eigenvalue weighted by molar-refractivity contribution is 0.0567. The van der Waals surface area contributed by atoms with Crippen LogP contribution >= 0.6 is 11.6 Å². The van der Waals surface area contributed by atoms with Crippen LogP contribution in [-0.2, 0) is 4.74 Å². The summed E-state index contributed by atoms with van der Waals surface area (Å²) >= 11 is 6.04. The Bertz CT molecular complexity index is 674. The number of nitrogens with zero attached hydrogens (tertiary/aromatic N) is 1. The van der Waals surface area contributed by atoms with E-state index in [0.717, 1.165) is 37.2 Å². The minimum absolute atomic E-state index is 0.263. The number of methoxy groups -OCH3 is 1. The van der Waals surface area contributed by atoms with Crippen LogP contribution in [0.5, 0.6) is 0 Å². The highest BCUT2D eigenvalue weighted by atomic mass is 35.5. The summed E-state index contributed by atoms with van der Waals surface area (Å²) in [4.78, 5) is 14.2. The molecule has 0 aliphatic carbocycles. The quantitative estimate of drug-likeness (QED) is 0.787. The van der Waals surface area contributed by atoms with Gasteiger partial charge in [-0.15, -0.1) is 0 Å². The average Bonchev–Trinajstić information content (AvgIpc) is 3.00. The summed E-state index contributed by atoms with van der Waals surface area (Å²) < 4.78 is 10.6. The van der Waals surface area contributed by atoms with Gasteiger partial charge in [0.2, 0.25) is 5.76 Å². The third-order valence-electron chi connectivity index (χ3n) is 3.89. The van der Waals surface area contributed by atoms with Crippen LogP contribution < -0.4 is 4.90 Å². The molecule has 2 heterocycles. The largest absolute Gasteiger partial charge is 0.463 e. The Morgan fingerprint density at radius 2 is 2.00 bits per heavy atom. The Labute approximate surface area is 134 Å². The van der Waals surface area contributed by atoms with Gasteiger partial charge in [0.15, 0.2) is 0 Å². The fraction of sp³-hybridized carbons (Fsp3) is 0.353. The molecule has 1 saturated heterocycles. The van der Waals surface area contributed by atoms with E-state index in [1.807, 2.05) is 24.3 Å². The molecule has 0 bridgehead atoms. The zero-order valence-electron chi connectivity index (χ0n) is 12.5. The molecule has 0 amide bonds. The van der Waals surface area contributed by atoms with E-state index >= 15 is 0 Å². The first-order valence-corrected chi connectivity index (χ1v) is 7.80. The van der Waals surface area contributed by atoms with Gasteiger partial charge in [-0.25, -0.2) is 4.79 Å². The van der Waals surface area contributed by atoms with Crippen molar-refractivity contribution < 1.29 is 13.9 Å². The first kappa shape index (κ1) is 15.0. The van der Waals surface area contributed by atoms with E-state index in [1.165, 1.54) is 13.5 Å². The highest BCUT2D eigenvalue weighted by Crippen LogP contribution is 2.34. The predicted octanol–water partition coefficient (Wildman–Crippen LogP) is 4.38. The third kappa shape index (κ3) is 2.97. The normalized spacial score (nSPS) is 14.9. The third-order valence-corrected chi connectivity index (χ3v) is 4.12. The Kier molecular flexibility index (Phi) is 4.39. The number of furan rings is 1. The van der Waals surface area contributed by atoms with Crippen LogP contribution in [0.25, 0.3) is 11.3 Å². The fourth-order valence-corrected chi connectivity index (χ4v) is 2.96. The molecule has 0 spiro atoms. The molecule has 1 aromatic heterocycles. The number of halogens is 1. The van der Waals surface area contributed by atoms with Gasteiger partial charge in [-0.1, -0.05) is 23.7 Å². The molecule has 0 saturated carbocycles. The van der Waals surface area contributed by atoms with E-state index in [9.17, 15) is 4.79 Å². The number of rotatable bonds is 3. The van der Waals surface area contributed by atoms with Crippen molar-refractivity contribution in [3.63, 3.8) is 0 Å². The number of benzene rings is 1. The Hall–Kier alpha value is -1.94.